The first-order valence-electron chi connectivity index (χ1n) is 9.55. The Morgan fingerprint density at radius 3 is 1.41 bits per heavy atom. The van der Waals surface area contributed by atoms with Gasteiger partial charge in [-0.1, -0.05) is 0 Å². The van der Waals surface area contributed by atoms with E-state index in [0.717, 1.165) is 9.80 Å². The van der Waals surface area contributed by atoms with E-state index in [-0.39, 0.29) is 13.1 Å². The summed E-state index contributed by atoms with van der Waals surface area (Å²) >= 11 is 0. The molecule has 0 saturated carbocycles. The van der Waals surface area contributed by atoms with E-state index in [2.05, 4.69) is 4.74 Å². The average molecular weight is 500 g/mol. The number of aliphatic hydroxyl groups is 5. The molecule has 0 amide bonds. The lowest BCUT2D eigenvalue weighted by Crippen LogP contribution is -2.53. The third-order valence-electron chi connectivity index (χ3n) is 4.25. The zero-order valence-corrected chi connectivity index (χ0v) is 17.7. The Balaban J connectivity index is 5.29. The summed E-state index contributed by atoms with van der Waals surface area (Å²) in [5.41, 5.74) is 0. The normalized spacial score (nSPS) is 15.9. The molecule has 0 aliphatic rings. The maximum absolute atomic E-state index is 12.2. The van der Waals surface area contributed by atoms with Crippen LogP contribution in [-0.4, -0.2) is 162 Å². The lowest BCUT2D eigenvalue weighted by molar-refractivity contribution is -0.186. The molecular formula is C17H28N2O15. The molecule has 5 atom stereocenters. The van der Waals surface area contributed by atoms with Crippen LogP contribution in [0.25, 0.3) is 0 Å². The molecule has 0 heterocycles. The SMILES string of the molecule is O=C(O)CN(CCN(CC(=O)O)CC(=O)O[C@@H](C(=O)O)[C@H](O)[C@H](O)[C@@H](O)[C@H](O)CO)CC(=O)O. The van der Waals surface area contributed by atoms with Crippen LogP contribution in [0.3, 0.4) is 0 Å². The molecule has 0 aromatic carbocycles. The summed E-state index contributed by atoms with van der Waals surface area (Å²) in [5.74, 6) is -7.54. The number of rotatable bonds is 18. The molecule has 17 heteroatoms. The van der Waals surface area contributed by atoms with Gasteiger partial charge in [0.15, 0.2) is 0 Å². The number of carbonyl (C=O) groups excluding carboxylic acids is 1. The number of hydrogen-bond acceptors (Lipinski definition) is 13. The number of carboxylic acids is 4. The number of ether oxygens (including phenoxy) is 1. The maximum Gasteiger partial charge on any atom is 0.347 e. The standard InChI is InChI=1S/C17H28N2O15/c20-7-8(21)13(29)14(30)15(31)16(17(32)33)34-12(28)6-19(5-11(26)27)2-1-18(3-9(22)23)4-10(24)25/h8,13-16,20-21,29-31H,1-7H2,(H,22,23)(H,24,25)(H,26,27)(H,32,33)/t8-,13+,14-,15-,16-/m1/s1. The van der Waals surface area contributed by atoms with Crippen molar-refractivity contribution in [3.05, 3.63) is 0 Å². The van der Waals surface area contributed by atoms with Crippen LogP contribution in [0.5, 0.6) is 0 Å². The van der Waals surface area contributed by atoms with Crippen molar-refractivity contribution in [3.63, 3.8) is 0 Å². The second kappa shape index (κ2) is 15.1. The smallest absolute Gasteiger partial charge is 0.347 e. The molecular weight excluding hydrogens is 472 g/mol. The molecule has 0 fully saturated rings. The van der Waals surface area contributed by atoms with Crippen LogP contribution in [0.1, 0.15) is 0 Å². The van der Waals surface area contributed by atoms with Crippen LogP contribution in [0.4, 0.5) is 0 Å². The van der Waals surface area contributed by atoms with Gasteiger partial charge in [0.05, 0.1) is 32.8 Å². The molecule has 0 spiro atoms. The zero-order valence-electron chi connectivity index (χ0n) is 17.7. The lowest BCUT2D eigenvalue weighted by Gasteiger charge is -2.29. The molecule has 196 valence electrons. The fourth-order valence-electron chi connectivity index (χ4n) is 2.63. The minimum absolute atomic E-state index is 0.311. The minimum atomic E-state index is -2.47. The molecule has 0 aliphatic heterocycles. The van der Waals surface area contributed by atoms with Crippen LogP contribution in [0.2, 0.25) is 0 Å². The van der Waals surface area contributed by atoms with Gasteiger partial charge >= 0.3 is 29.8 Å². The number of carbonyl (C=O) groups is 5. The molecule has 0 aromatic heterocycles. The number of nitrogens with zero attached hydrogens (tertiary/aromatic N) is 2. The van der Waals surface area contributed by atoms with Crippen molar-refractivity contribution in [1.29, 1.82) is 0 Å². The first kappa shape index (κ1) is 31.1. The summed E-state index contributed by atoms with van der Waals surface area (Å²) in [6.07, 6.45) is -11.5. The van der Waals surface area contributed by atoms with Crippen LogP contribution in [-0.2, 0) is 28.7 Å². The topological polar surface area (TPSA) is 283 Å². The third-order valence-corrected chi connectivity index (χ3v) is 4.25. The highest BCUT2D eigenvalue weighted by Crippen LogP contribution is 2.12. The largest absolute Gasteiger partial charge is 0.480 e. The number of esters is 1. The van der Waals surface area contributed by atoms with Gasteiger partial charge in [0.25, 0.3) is 0 Å². The summed E-state index contributed by atoms with van der Waals surface area (Å²) < 4.78 is 4.57. The number of carboxylic acid groups (broad SMARTS) is 4. The summed E-state index contributed by atoms with van der Waals surface area (Å²) in [5, 5.41) is 83.2. The van der Waals surface area contributed by atoms with E-state index >= 15 is 0 Å². The second-order valence-corrected chi connectivity index (χ2v) is 7.07. The molecule has 34 heavy (non-hydrogen) atoms. The van der Waals surface area contributed by atoms with Crippen LogP contribution < -0.4 is 0 Å². The zero-order chi connectivity index (χ0) is 26.6. The summed E-state index contributed by atoms with van der Waals surface area (Å²) in [6.45, 7) is -4.83. The second-order valence-electron chi connectivity index (χ2n) is 7.07. The van der Waals surface area contributed by atoms with E-state index in [1.54, 1.807) is 0 Å². The first-order valence-corrected chi connectivity index (χ1v) is 9.55. The van der Waals surface area contributed by atoms with Crippen molar-refractivity contribution in [1.82, 2.24) is 9.80 Å². The highest BCUT2D eigenvalue weighted by molar-refractivity contribution is 5.80. The van der Waals surface area contributed by atoms with Crippen molar-refractivity contribution < 1.29 is 74.7 Å². The van der Waals surface area contributed by atoms with Gasteiger partial charge in [0, 0.05) is 13.1 Å². The van der Waals surface area contributed by atoms with Crippen molar-refractivity contribution in [2.45, 2.75) is 30.5 Å². The Labute approximate surface area is 191 Å². The van der Waals surface area contributed by atoms with Gasteiger partial charge in [-0.25, -0.2) is 4.79 Å². The van der Waals surface area contributed by atoms with Crippen LogP contribution in [0, 0.1) is 0 Å². The lowest BCUT2D eigenvalue weighted by atomic mass is 9.99. The molecule has 0 radical (unpaired) electrons. The highest BCUT2D eigenvalue weighted by Gasteiger charge is 2.40. The molecule has 17 nitrogen and oxygen atoms in total. The Morgan fingerprint density at radius 1 is 0.647 bits per heavy atom. The van der Waals surface area contributed by atoms with Crippen LogP contribution >= 0.6 is 0 Å². The first-order chi connectivity index (χ1) is 15.7. The third kappa shape index (κ3) is 11.8. The Kier molecular flexibility index (Phi) is 13.8. The van der Waals surface area contributed by atoms with E-state index in [4.69, 9.17) is 20.4 Å². The van der Waals surface area contributed by atoms with Gasteiger partial charge in [-0.3, -0.25) is 29.0 Å². The van der Waals surface area contributed by atoms with Gasteiger partial charge in [-0.05, 0) is 0 Å². The quantitative estimate of drug-likeness (QED) is 0.0792. The number of hydrogen-bond donors (Lipinski definition) is 9. The number of aliphatic hydroxyl groups excluding tert-OH is 5. The van der Waals surface area contributed by atoms with Crippen molar-refractivity contribution in [3.8, 4) is 0 Å². The predicted molar refractivity (Wildman–Crippen MR) is 104 cm³/mol. The van der Waals surface area contributed by atoms with Crippen molar-refractivity contribution in [2.75, 3.05) is 45.9 Å². The van der Waals surface area contributed by atoms with Gasteiger partial charge < -0.3 is 50.7 Å². The van der Waals surface area contributed by atoms with Gasteiger partial charge in [-0.15, -0.1) is 0 Å². The van der Waals surface area contributed by atoms with E-state index in [1.807, 2.05) is 0 Å². The summed E-state index contributed by atoms with van der Waals surface area (Å²) in [4.78, 5) is 58.1. The van der Waals surface area contributed by atoms with Crippen molar-refractivity contribution in [2.24, 2.45) is 0 Å². The van der Waals surface area contributed by atoms with E-state index in [1.165, 1.54) is 0 Å². The van der Waals surface area contributed by atoms with Gasteiger partial charge in [0.1, 0.15) is 24.4 Å². The Morgan fingerprint density at radius 2 is 1.06 bits per heavy atom. The van der Waals surface area contributed by atoms with Crippen molar-refractivity contribution >= 4 is 29.8 Å². The highest BCUT2D eigenvalue weighted by atomic mass is 16.6. The van der Waals surface area contributed by atoms with Gasteiger partial charge in [0.2, 0.25) is 6.10 Å². The summed E-state index contributed by atoms with van der Waals surface area (Å²) in [6, 6.07) is 0. The Hall–Kier alpha value is -2.93. The number of aliphatic carboxylic acids is 4. The fourth-order valence-corrected chi connectivity index (χ4v) is 2.63. The summed E-state index contributed by atoms with van der Waals surface area (Å²) in [7, 11) is 0. The molecule has 9 N–H and O–H groups in total. The molecule has 0 bridgehead atoms. The molecule has 0 aliphatic carbocycles. The Bertz CT molecular complexity index is 701. The van der Waals surface area contributed by atoms with Crippen LogP contribution in [0.15, 0.2) is 0 Å². The maximum atomic E-state index is 12.2. The molecule has 0 unspecified atom stereocenters. The van der Waals surface area contributed by atoms with Gasteiger partial charge in [-0.2, -0.15) is 0 Å². The minimum Gasteiger partial charge on any atom is -0.480 e. The fraction of sp³-hybridized carbons (Fsp3) is 0.706. The molecule has 0 aromatic rings. The molecule has 0 rings (SSSR count). The van der Waals surface area contributed by atoms with E-state index in [0.29, 0.717) is 0 Å². The van der Waals surface area contributed by atoms with E-state index < -0.39 is 93.2 Å². The average Bonchev–Trinajstić information content (AvgIpc) is 2.72. The monoisotopic (exact) mass is 500 g/mol. The van der Waals surface area contributed by atoms with E-state index in [9.17, 15) is 49.5 Å². The predicted octanol–water partition coefficient (Wildman–Crippen LogP) is -5.72. The molecule has 0 saturated heterocycles.